The molecule has 0 spiro atoms. The first-order valence-electron chi connectivity index (χ1n) is 11.5. The Bertz CT molecular complexity index is 882. The average Bonchev–Trinajstić information content (AvgIpc) is 3.07. The number of carbonyl (C=O) groups excluding carboxylic acids is 6. The van der Waals surface area contributed by atoms with E-state index in [-0.39, 0.29) is 54.9 Å². The standard InChI is InChI=1S/C24H33NO8/c1-23(10-9-19(29)25-15(22(31)33-4)11-20(30)32-3)17(27)7-5-13-14-6-8-18(28)24(14,2)12-16(26)21(13)23/h13-15,21H,5-12H2,1-4H3,(H,25,29)/t13?,14?,15?,21?,23-,24?/m0/s1. The quantitative estimate of drug-likeness (QED) is 0.562. The van der Waals surface area contributed by atoms with Crippen molar-refractivity contribution in [2.24, 2.45) is 28.6 Å². The summed E-state index contributed by atoms with van der Waals surface area (Å²) in [4.78, 5) is 75.0. The van der Waals surface area contributed by atoms with Gasteiger partial charge in [0, 0.05) is 42.4 Å². The first kappa shape index (κ1) is 25.1. The van der Waals surface area contributed by atoms with Crippen molar-refractivity contribution < 1.29 is 38.2 Å². The number of fused-ring (bicyclic) bond motifs is 3. The van der Waals surface area contributed by atoms with Gasteiger partial charge in [-0.2, -0.15) is 0 Å². The molecule has 33 heavy (non-hydrogen) atoms. The SMILES string of the molecule is COC(=O)CC(NC(=O)CC[C@@]1(C)C(=O)CCC2C3CCC(=O)C3(C)CC(=O)C21)C(=O)OC. The third kappa shape index (κ3) is 4.46. The zero-order valence-corrected chi connectivity index (χ0v) is 19.7. The maximum atomic E-state index is 13.3. The molecule has 3 fully saturated rings. The van der Waals surface area contributed by atoms with Crippen LogP contribution < -0.4 is 5.32 Å². The summed E-state index contributed by atoms with van der Waals surface area (Å²) in [6, 6.07) is -1.20. The maximum absolute atomic E-state index is 13.3. The van der Waals surface area contributed by atoms with Crippen LogP contribution in [0.5, 0.6) is 0 Å². The molecule has 3 aliphatic carbocycles. The number of Topliss-reactive ketones (excluding diaryl/α,β-unsaturated/α-hetero) is 3. The van der Waals surface area contributed by atoms with Gasteiger partial charge in [-0.1, -0.05) is 13.8 Å². The summed E-state index contributed by atoms with van der Waals surface area (Å²) in [5, 5.41) is 2.48. The number of methoxy groups -OCH3 is 2. The van der Waals surface area contributed by atoms with Crippen molar-refractivity contribution in [2.45, 2.75) is 71.3 Å². The van der Waals surface area contributed by atoms with Crippen LogP contribution >= 0.6 is 0 Å². The highest BCUT2D eigenvalue weighted by Crippen LogP contribution is 2.60. The number of ketones is 3. The summed E-state index contributed by atoms with van der Waals surface area (Å²) in [5.41, 5.74) is -1.65. The number of rotatable bonds is 7. The Kier molecular flexibility index (Phi) is 7.10. The van der Waals surface area contributed by atoms with Crippen molar-refractivity contribution in [1.29, 1.82) is 0 Å². The number of esters is 2. The number of hydrogen-bond acceptors (Lipinski definition) is 8. The summed E-state index contributed by atoms with van der Waals surface area (Å²) in [7, 11) is 2.32. The fourth-order valence-corrected chi connectivity index (χ4v) is 6.43. The summed E-state index contributed by atoms with van der Waals surface area (Å²) < 4.78 is 9.20. The molecule has 9 heteroatoms. The zero-order chi connectivity index (χ0) is 24.6. The molecule has 3 saturated carbocycles. The summed E-state index contributed by atoms with van der Waals surface area (Å²) in [6.45, 7) is 3.64. The van der Waals surface area contributed by atoms with Gasteiger partial charge < -0.3 is 14.8 Å². The minimum absolute atomic E-state index is 0.0445. The Labute approximate surface area is 193 Å². The third-order valence-electron chi connectivity index (χ3n) is 8.29. The Morgan fingerprint density at radius 1 is 1.03 bits per heavy atom. The molecule has 182 valence electrons. The Balaban J connectivity index is 1.74. The summed E-state index contributed by atoms with van der Waals surface area (Å²) >= 11 is 0. The molecule has 0 aromatic carbocycles. The van der Waals surface area contributed by atoms with E-state index in [9.17, 15) is 28.8 Å². The predicted octanol–water partition coefficient (Wildman–Crippen LogP) is 1.55. The number of carbonyl (C=O) groups is 6. The van der Waals surface area contributed by atoms with E-state index in [1.54, 1.807) is 6.92 Å². The van der Waals surface area contributed by atoms with Gasteiger partial charge in [-0.05, 0) is 31.1 Å². The van der Waals surface area contributed by atoms with Gasteiger partial charge in [0.2, 0.25) is 5.91 Å². The van der Waals surface area contributed by atoms with Crippen molar-refractivity contribution in [1.82, 2.24) is 5.32 Å². The predicted molar refractivity (Wildman–Crippen MR) is 115 cm³/mol. The molecule has 0 aliphatic heterocycles. The summed E-state index contributed by atoms with van der Waals surface area (Å²) in [5.74, 6) is -2.42. The number of nitrogens with one attached hydrogen (secondary N) is 1. The van der Waals surface area contributed by atoms with Gasteiger partial charge in [0.05, 0.1) is 20.6 Å². The van der Waals surface area contributed by atoms with Crippen LogP contribution in [-0.4, -0.2) is 55.5 Å². The van der Waals surface area contributed by atoms with Crippen LogP contribution in [0.25, 0.3) is 0 Å². The Hall–Kier alpha value is -2.58. The van der Waals surface area contributed by atoms with Crippen LogP contribution in [0.2, 0.25) is 0 Å². The van der Waals surface area contributed by atoms with E-state index >= 15 is 0 Å². The molecule has 0 heterocycles. The van der Waals surface area contributed by atoms with Gasteiger partial charge in [-0.15, -0.1) is 0 Å². The second-order valence-corrected chi connectivity index (χ2v) is 10.1. The van der Waals surface area contributed by atoms with Crippen molar-refractivity contribution in [3.8, 4) is 0 Å². The van der Waals surface area contributed by atoms with Crippen LogP contribution in [0, 0.1) is 28.6 Å². The first-order valence-corrected chi connectivity index (χ1v) is 11.5. The number of ether oxygens (including phenoxy) is 2. The minimum Gasteiger partial charge on any atom is -0.469 e. The van der Waals surface area contributed by atoms with Crippen molar-refractivity contribution in [3.63, 3.8) is 0 Å². The second-order valence-electron chi connectivity index (χ2n) is 10.1. The summed E-state index contributed by atoms with van der Waals surface area (Å²) in [6.07, 6.45) is 1.96. The van der Waals surface area contributed by atoms with Crippen LogP contribution in [0.3, 0.4) is 0 Å². The van der Waals surface area contributed by atoms with Gasteiger partial charge >= 0.3 is 11.9 Å². The van der Waals surface area contributed by atoms with Crippen molar-refractivity contribution in [2.75, 3.05) is 14.2 Å². The van der Waals surface area contributed by atoms with E-state index in [1.165, 1.54) is 7.11 Å². The lowest BCUT2D eigenvalue weighted by atomic mass is 9.48. The first-order chi connectivity index (χ1) is 15.5. The number of amides is 1. The van der Waals surface area contributed by atoms with Crippen LogP contribution in [-0.2, 0) is 38.2 Å². The largest absolute Gasteiger partial charge is 0.469 e. The third-order valence-corrected chi connectivity index (χ3v) is 8.29. The highest BCUT2D eigenvalue weighted by atomic mass is 16.5. The molecule has 0 aromatic heterocycles. The smallest absolute Gasteiger partial charge is 0.328 e. The molecule has 6 atom stereocenters. The van der Waals surface area contributed by atoms with E-state index in [1.807, 2.05) is 6.92 Å². The molecule has 9 nitrogen and oxygen atoms in total. The van der Waals surface area contributed by atoms with Gasteiger partial charge in [0.1, 0.15) is 23.4 Å². The second kappa shape index (κ2) is 9.35. The van der Waals surface area contributed by atoms with Crippen molar-refractivity contribution in [3.05, 3.63) is 0 Å². The molecule has 1 N–H and O–H groups in total. The maximum Gasteiger partial charge on any atom is 0.328 e. The lowest BCUT2D eigenvalue weighted by Crippen LogP contribution is -2.56. The van der Waals surface area contributed by atoms with Crippen LogP contribution in [0.4, 0.5) is 0 Å². The number of hydrogen-bond donors (Lipinski definition) is 1. The molecular weight excluding hydrogens is 430 g/mol. The molecule has 3 rings (SSSR count). The highest BCUT2D eigenvalue weighted by Gasteiger charge is 2.62. The molecule has 0 aromatic rings. The average molecular weight is 464 g/mol. The monoisotopic (exact) mass is 463 g/mol. The van der Waals surface area contributed by atoms with E-state index in [0.717, 1.165) is 13.5 Å². The molecule has 5 unspecified atom stereocenters. The van der Waals surface area contributed by atoms with E-state index in [4.69, 9.17) is 0 Å². The Morgan fingerprint density at radius 3 is 2.33 bits per heavy atom. The van der Waals surface area contributed by atoms with E-state index in [2.05, 4.69) is 14.8 Å². The van der Waals surface area contributed by atoms with Gasteiger partial charge in [-0.3, -0.25) is 24.0 Å². The van der Waals surface area contributed by atoms with E-state index in [0.29, 0.717) is 19.3 Å². The lowest BCUT2D eigenvalue weighted by Gasteiger charge is -2.52. The van der Waals surface area contributed by atoms with Gasteiger partial charge in [-0.25, -0.2) is 4.79 Å². The van der Waals surface area contributed by atoms with Gasteiger partial charge in [0.25, 0.3) is 0 Å². The van der Waals surface area contributed by atoms with E-state index < -0.39 is 40.6 Å². The zero-order valence-electron chi connectivity index (χ0n) is 19.7. The Morgan fingerprint density at radius 2 is 1.70 bits per heavy atom. The fraction of sp³-hybridized carbons (Fsp3) is 0.750. The van der Waals surface area contributed by atoms with Gasteiger partial charge in [0.15, 0.2) is 0 Å². The topological polar surface area (TPSA) is 133 Å². The lowest BCUT2D eigenvalue weighted by molar-refractivity contribution is -0.160. The highest BCUT2D eigenvalue weighted by molar-refractivity contribution is 5.99. The van der Waals surface area contributed by atoms with Crippen LogP contribution in [0.15, 0.2) is 0 Å². The molecule has 0 saturated heterocycles. The normalized spacial score (nSPS) is 34.2. The molecular formula is C24H33NO8. The fourth-order valence-electron chi connectivity index (χ4n) is 6.43. The molecule has 1 amide bonds. The molecule has 0 bridgehead atoms. The van der Waals surface area contributed by atoms with Crippen LogP contribution in [0.1, 0.15) is 65.2 Å². The molecule has 0 radical (unpaired) electrons. The minimum atomic E-state index is -1.20. The van der Waals surface area contributed by atoms with Crippen molar-refractivity contribution >= 4 is 35.2 Å². The molecule has 3 aliphatic rings.